The van der Waals surface area contributed by atoms with E-state index in [1.54, 1.807) is 6.08 Å². The molecule has 1 unspecified atom stereocenters. The lowest BCUT2D eigenvalue weighted by Gasteiger charge is -2.09. The van der Waals surface area contributed by atoms with Crippen LogP contribution in [-0.4, -0.2) is 41.3 Å². The molecular formula is C17H17N3O2. The minimum absolute atomic E-state index is 0.0699. The summed E-state index contributed by atoms with van der Waals surface area (Å²) in [5.41, 5.74) is 1.39. The van der Waals surface area contributed by atoms with Crippen molar-refractivity contribution in [3.8, 4) is 6.07 Å². The Morgan fingerprint density at radius 2 is 2.36 bits per heavy atom. The Kier molecular flexibility index (Phi) is 3.61. The monoisotopic (exact) mass is 295 g/mol. The van der Waals surface area contributed by atoms with Crippen molar-refractivity contribution in [2.75, 3.05) is 20.2 Å². The smallest absolute Gasteiger partial charge is 0.208 e. The average Bonchev–Trinajstić information content (AvgIpc) is 3.06. The molecule has 0 saturated carbocycles. The summed E-state index contributed by atoms with van der Waals surface area (Å²) in [5, 5.41) is 21.3. The molecule has 112 valence electrons. The number of nitriles is 1. The van der Waals surface area contributed by atoms with Gasteiger partial charge in [-0.15, -0.1) is 0 Å². The molecule has 5 nitrogen and oxygen atoms in total. The number of benzene rings is 1. The number of allylic oxidation sites excluding steroid dienone is 1. The van der Waals surface area contributed by atoms with Crippen LogP contribution < -0.4 is 10.6 Å². The predicted molar refractivity (Wildman–Crippen MR) is 84.8 cm³/mol. The molecule has 1 saturated heterocycles. The number of fused-ring (bicyclic) bond motifs is 1. The highest BCUT2D eigenvalue weighted by Gasteiger charge is 2.27. The number of aliphatic hydroxyl groups is 1. The Bertz CT molecular complexity index is 889. The second-order valence-corrected chi connectivity index (χ2v) is 5.34. The number of hydrogen-bond donors (Lipinski definition) is 2. The molecule has 1 aliphatic heterocycles. The molecule has 0 bridgehead atoms. The van der Waals surface area contributed by atoms with Gasteiger partial charge in [0.2, 0.25) is 5.88 Å². The van der Waals surface area contributed by atoms with Gasteiger partial charge in [-0.3, -0.25) is 0 Å². The molecule has 2 aromatic rings. The molecule has 22 heavy (non-hydrogen) atoms. The molecule has 1 aliphatic rings. The van der Waals surface area contributed by atoms with E-state index in [1.165, 1.54) is 0 Å². The minimum Gasteiger partial charge on any atom is -0.470 e. The van der Waals surface area contributed by atoms with Gasteiger partial charge in [-0.2, -0.15) is 5.26 Å². The number of likely N-dealkylation sites (N-methyl/N-ethyl adjacent to an activating group) is 1. The van der Waals surface area contributed by atoms with Gasteiger partial charge in [0.05, 0.1) is 13.2 Å². The maximum Gasteiger partial charge on any atom is 0.208 e. The van der Waals surface area contributed by atoms with Crippen LogP contribution in [0.25, 0.3) is 23.6 Å². The highest BCUT2D eigenvalue weighted by Crippen LogP contribution is 2.21. The third kappa shape index (κ3) is 2.34. The maximum absolute atomic E-state index is 9.45. The van der Waals surface area contributed by atoms with Crippen molar-refractivity contribution in [1.82, 2.24) is 9.88 Å². The first-order valence-corrected chi connectivity index (χ1v) is 7.04. The van der Waals surface area contributed by atoms with Gasteiger partial charge in [0, 0.05) is 28.5 Å². The maximum atomic E-state index is 9.45. The summed E-state index contributed by atoms with van der Waals surface area (Å²) in [6.45, 7) is 4.58. The zero-order valence-electron chi connectivity index (χ0n) is 12.3. The molecule has 0 amide bonds. The number of rotatable bonds is 2. The summed E-state index contributed by atoms with van der Waals surface area (Å²) < 4.78 is 5.63. The van der Waals surface area contributed by atoms with Crippen LogP contribution in [0.3, 0.4) is 0 Å². The van der Waals surface area contributed by atoms with E-state index in [2.05, 4.69) is 17.6 Å². The fourth-order valence-corrected chi connectivity index (χ4v) is 2.67. The Morgan fingerprint density at radius 3 is 3.00 bits per heavy atom. The number of aromatic amines is 1. The van der Waals surface area contributed by atoms with E-state index in [0.717, 1.165) is 21.5 Å². The molecule has 0 spiro atoms. The minimum atomic E-state index is -0.293. The van der Waals surface area contributed by atoms with E-state index in [-0.39, 0.29) is 12.7 Å². The molecule has 0 aliphatic carbocycles. The third-order valence-corrected chi connectivity index (χ3v) is 3.79. The number of aliphatic hydroxyl groups excluding tert-OH is 1. The summed E-state index contributed by atoms with van der Waals surface area (Å²) >= 11 is 0. The van der Waals surface area contributed by atoms with E-state index >= 15 is 0 Å². The second-order valence-electron chi connectivity index (χ2n) is 5.34. The van der Waals surface area contributed by atoms with Crippen LogP contribution in [0.5, 0.6) is 0 Å². The largest absolute Gasteiger partial charge is 0.470 e. The van der Waals surface area contributed by atoms with Crippen LogP contribution in [0, 0.1) is 11.3 Å². The molecule has 1 fully saturated rings. The number of H-pyrrole nitrogens is 1. The fraction of sp³-hybridized carbons (Fsp3) is 0.235. The summed E-state index contributed by atoms with van der Waals surface area (Å²) in [5.74, 6) is 0.486. The summed E-state index contributed by atoms with van der Waals surface area (Å²) in [4.78, 5) is 5.10. The first-order valence-electron chi connectivity index (χ1n) is 7.04. The lowest BCUT2D eigenvalue weighted by atomic mass is 10.2. The van der Waals surface area contributed by atoms with Crippen molar-refractivity contribution in [3.05, 3.63) is 46.3 Å². The first-order chi connectivity index (χ1) is 10.6. The van der Waals surface area contributed by atoms with Gasteiger partial charge >= 0.3 is 0 Å². The lowest BCUT2D eigenvalue weighted by molar-refractivity contribution is 0.0965. The fourth-order valence-electron chi connectivity index (χ4n) is 2.67. The van der Waals surface area contributed by atoms with Crippen LogP contribution in [0.2, 0.25) is 0 Å². The molecule has 1 aromatic heterocycles. The quantitative estimate of drug-likeness (QED) is 0.788. The van der Waals surface area contributed by atoms with E-state index < -0.39 is 0 Å². The SMILES string of the molecule is C=c1/c(=C\C(C#N)=C2\OC(CO)CN2C)[nH]c2ccccc12. The van der Waals surface area contributed by atoms with Crippen molar-refractivity contribution in [2.45, 2.75) is 6.10 Å². The Morgan fingerprint density at radius 1 is 1.59 bits per heavy atom. The normalized spacial score (nSPS) is 21.0. The van der Waals surface area contributed by atoms with Gasteiger partial charge in [-0.1, -0.05) is 24.8 Å². The van der Waals surface area contributed by atoms with Crippen LogP contribution in [-0.2, 0) is 4.74 Å². The second kappa shape index (κ2) is 5.58. The average molecular weight is 295 g/mol. The number of para-hydroxylation sites is 1. The Labute approximate surface area is 128 Å². The van der Waals surface area contributed by atoms with Gasteiger partial charge in [-0.25, -0.2) is 0 Å². The topological polar surface area (TPSA) is 72.3 Å². The summed E-state index contributed by atoms with van der Waals surface area (Å²) in [7, 11) is 1.84. The van der Waals surface area contributed by atoms with Crippen molar-refractivity contribution in [1.29, 1.82) is 5.26 Å². The predicted octanol–water partition coefficient (Wildman–Crippen LogP) is 0.417. The molecule has 2 heterocycles. The van der Waals surface area contributed by atoms with Gasteiger partial charge in [0.25, 0.3) is 0 Å². The molecule has 3 rings (SSSR count). The van der Waals surface area contributed by atoms with Gasteiger partial charge in [-0.05, 0) is 12.1 Å². The van der Waals surface area contributed by atoms with E-state index in [1.807, 2.05) is 36.2 Å². The zero-order chi connectivity index (χ0) is 15.7. The number of aromatic nitrogens is 1. The van der Waals surface area contributed by atoms with Crippen LogP contribution >= 0.6 is 0 Å². The molecular weight excluding hydrogens is 278 g/mol. The van der Waals surface area contributed by atoms with Gasteiger partial charge < -0.3 is 19.7 Å². The highest BCUT2D eigenvalue weighted by molar-refractivity contribution is 5.80. The number of nitrogens with zero attached hydrogens (tertiary/aromatic N) is 2. The molecule has 1 atom stereocenters. The van der Waals surface area contributed by atoms with Crippen LogP contribution in [0.1, 0.15) is 0 Å². The summed E-state index contributed by atoms with van der Waals surface area (Å²) in [6, 6.07) is 10.0. The van der Waals surface area contributed by atoms with Crippen LogP contribution in [0.15, 0.2) is 35.7 Å². The number of nitrogens with one attached hydrogen (secondary N) is 1. The highest BCUT2D eigenvalue weighted by atomic mass is 16.5. The Hall–Kier alpha value is -2.71. The third-order valence-electron chi connectivity index (χ3n) is 3.79. The summed E-state index contributed by atoms with van der Waals surface area (Å²) in [6.07, 6.45) is 1.45. The number of hydrogen-bond acceptors (Lipinski definition) is 4. The zero-order valence-corrected chi connectivity index (χ0v) is 12.3. The van der Waals surface area contributed by atoms with E-state index in [0.29, 0.717) is 18.0 Å². The van der Waals surface area contributed by atoms with Crippen molar-refractivity contribution in [2.24, 2.45) is 0 Å². The standard InChI is InChI=1S/C17H17N3O2/c1-11-14-5-3-4-6-15(14)19-16(11)7-12(8-18)17-20(2)9-13(10-21)22-17/h3-7,13,19,21H,1,9-10H2,2H3/b16-7+,17-12-. The lowest BCUT2D eigenvalue weighted by Crippen LogP contribution is -2.22. The van der Waals surface area contributed by atoms with Crippen molar-refractivity contribution in [3.63, 3.8) is 0 Å². The van der Waals surface area contributed by atoms with Gasteiger partial charge in [0.1, 0.15) is 17.7 Å². The first kappa shape index (κ1) is 14.2. The molecule has 5 heteroatoms. The van der Waals surface area contributed by atoms with Crippen molar-refractivity contribution < 1.29 is 9.84 Å². The molecule has 2 N–H and O–H groups in total. The molecule has 0 radical (unpaired) electrons. The van der Waals surface area contributed by atoms with Crippen molar-refractivity contribution >= 4 is 23.6 Å². The number of ether oxygens (including phenoxy) is 1. The van der Waals surface area contributed by atoms with Gasteiger partial charge in [0.15, 0.2) is 0 Å². The Balaban J connectivity index is 2.14. The van der Waals surface area contributed by atoms with E-state index in [9.17, 15) is 10.4 Å². The van der Waals surface area contributed by atoms with E-state index in [4.69, 9.17) is 4.74 Å². The van der Waals surface area contributed by atoms with Crippen LogP contribution in [0.4, 0.5) is 0 Å². The molecule has 1 aromatic carbocycles.